The van der Waals surface area contributed by atoms with Gasteiger partial charge >= 0.3 is 0 Å². The van der Waals surface area contributed by atoms with Crippen LogP contribution in [0.4, 0.5) is 10.8 Å². The molecule has 9 heteroatoms. The molecule has 5 rings (SSSR count). The van der Waals surface area contributed by atoms with Crippen molar-refractivity contribution in [2.45, 2.75) is 10.1 Å². The van der Waals surface area contributed by atoms with E-state index in [1.807, 2.05) is 95.7 Å². The van der Waals surface area contributed by atoms with E-state index in [2.05, 4.69) is 15.6 Å². The van der Waals surface area contributed by atoms with Crippen LogP contribution in [0, 0.1) is 0 Å². The number of benzene rings is 3. The van der Waals surface area contributed by atoms with Gasteiger partial charge in [0.05, 0.1) is 10.6 Å². The minimum Gasteiger partial charge on any atom is -0.321 e. The van der Waals surface area contributed by atoms with E-state index in [0.29, 0.717) is 20.7 Å². The predicted octanol–water partition coefficient (Wildman–Crippen LogP) is 8.25. The number of thiazole rings is 1. The summed E-state index contributed by atoms with van der Waals surface area (Å²) in [4.78, 5) is 31.9. The third-order valence-corrected chi connectivity index (χ3v) is 8.47. The molecular weight excluding hydrogens is 542 g/mol. The average molecular weight is 562 g/mol. The lowest BCUT2D eigenvalue weighted by atomic mass is 10.1. The molecule has 2 amide bonds. The van der Waals surface area contributed by atoms with Gasteiger partial charge in [0, 0.05) is 26.5 Å². The van der Waals surface area contributed by atoms with Crippen LogP contribution in [-0.4, -0.2) is 16.8 Å². The number of anilines is 2. The molecule has 184 valence electrons. The van der Waals surface area contributed by atoms with E-state index in [1.54, 1.807) is 6.07 Å². The van der Waals surface area contributed by atoms with E-state index in [9.17, 15) is 9.59 Å². The average Bonchev–Trinajstić information content (AvgIpc) is 3.62. The molecule has 1 unspecified atom stereocenters. The molecule has 0 spiro atoms. The summed E-state index contributed by atoms with van der Waals surface area (Å²) in [5.74, 6) is -0.304. The molecule has 0 bridgehead atoms. The highest BCUT2D eigenvalue weighted by molar-refractivity contribution is 8.00. The Kier molecular flexibility index (Phi) is 8.01. The van der Waals surface area contributed by atoms with E-state index in [0.717, 1.165) is 21.7 Å². The van der Waals surface area contributed by atoms with Gasteiger partial charge in [0.2, 0.25) is 5.91 Å². The molecule has 0 saturated carbocycles. The van der Waals surface area contributed by atoms with Crippen LogP contribution in [-0.2, 0) is 4.79 Å². The second-order valence-corrected chi connectivity index (χ2v) is 11.3. The first-order valence-electron chi connectivity index (χ1n) is 11.2. The van der Waals surface area contributed by atoms with Gasteiger partial charge in [-0.3, -0.25) is 9.59 Å². The van der Waals surface area contributed by atoms with Crippen molar-refractivity contribution in [3.8, 4) is 11.3 Å². The highest BCUT2D eigenvalue weighted by Crippen LogP contribution is 2.37. The molecule has 0 aliphatic carbocycles. The first-order chi connectivity index (χ1) is 18.0. The topological polar surface area (TPSA) is 71.1 Å². The van der Waals surface area contributed by atoms with Gasteiger partial charge in [-0.05, 0) is 53.4 Å². The number of aromatic nitrogens is 1. The zero-order chi connectivity index (χ0) is 25.6. The summed E-state index contributed by atoms with van der Waals surface area (Å²) in [7, 11) is 0. The predicted molar refractivity (Wildman–Crippen MR) is 155 cm³/mol. The molecule has 3 aromatic carbocycles. The SMILES string of the molecule is O=C(Nc1ccc(SC(C(=O)Nc2nc(-c3ccc(Cl)cc3)cs2)c2ccccc2)cc1)c1cccs1. The number of hydrogen-bond donors (Lipinski definition) is 2. The van der Waals surface area contributed by atoms with E-state index >= 15 is 0 Å². The lowest BCUT2D eigenvalue weighted by molar-refractivity contribution is -0.115. The third kappa shape index (κ3) is 6.47. The van der Waals surface area contributed by atoms with Gasteiger partial charge in [-0.2, -0.15) is 0 Å². The lowest BCUT2D eigenvalue weighted by Crippen LogP contribution is -2.19. The van der Waals surface area contributed by atoms with Crippen molar-refractivity contribution >= 4 is 68.7 Å². The number of halogens is 1. The van der Waals surface area contributed by atoms with Gasteiger partial charge in [-0.25, -0.2) is 4.98 Å². The summed E-state index contributed by atoms with van der Waals surface area (Å²) >= 11 is 10.2. The maximum Gasteiger partial charge on any atom is 0.265 e. The summed E-state index contributed by atoms with van der Waals surface area (Å²) in [5.41, 5.74) is 3.29. The molecule has 1 atom stereocenters. The van der Waals surface area contributed by atoms with Gasteiger partial charge in [-0.1, -0.05) is 60.1 Å². The second-order valence-electron chi connectivity index (χ2n) is 7.90. The van der Waals surface area contributed by atoms with Crippen LogP contribution in [0.2, 0.25) is 5.02 Å². The highest BCUT2D eigenvalue weighted by atomic mass is 35.5. The third-order valence-electron chi connectivity index (χ3n) is 5.33. The summed E-state index contributed by atoms with van der Waals surface area (Å²) < 4.78 is 0. The van der Waals surface area contributed by atoms with Gasteiger partial charge in [0.1, 0.15) is 5.25 Å². The maximum absolute atomic E-state index is 13.4. The second kappa shape index (κ2) is 11.7. The molecule has 0 fully saturated rings. The van der Waals surface area contributed by atoms with Crippen LogP contribution < -0.4 is 10.6 Å². The fourth-order valence-electron chi connectivity index (χ4n) is 3.51. The van der Waals surface area contributed by atoms with E-state index in [4.69, 9.17) is 11.6 Å². The number of thioether (sulfide) groups is 1. The minimum atomic E-state index is -0.490. The Bertz CT molecular complexity index is 1490. The Morgan fingerprint density at radius 3 is 2.30 bits per heavy atom. The zero-order valence-corrected chi connectivity index (χ0v) is 22.5. The van der Waals surface area contributed by atoms with Gasteiger partial charge in [0.25, 0.3) is 5.91 Å². The normalized spacial score (nSPS) is 11.6. The van der Waals surface area contributed by atoms with Crippen molar-refractivity contribution in [1.29, 1.82) is 0 Å². The first-order valence-corrected chi connectivity index (χ1v) is 14.3. The largest absolute Gasteiger partial charge is 0.321 e. The number of carbonyl (C=O) groups excluding carboxylic acids is 2. The van der Waals surface area contributed by atoms with Crippen LogP contribution in [0.25, 0.3) is 11.3 Å². The van der Waals surface area contributed by atoms with Gasteiger partial charge < -0.3 is 10.6 Å². The number of rotatable bonds is 8. The van der Waals surface area contributed by atoms with E-state index in [1.165, 1.54) is 34.4 Å². The molecule has 2 N–H and O–H groups in total. The Morgan fingerprint density at radius 1 is 0.838 bits per heavy atom. The zero-order valence-electron chi connectivity index (χ0n) is 19.3. The molecule has 0 aliphatic heterocycles. The van der Waals surface area contributed by atoms with E-state index < -0.39 is 5.25 Å². The van der Waals surface area contributed by atoms with Crippen molar-refractivity contribution < 1.29 is 9.59 Å². The highest BCUT2D eigenvalue weighted by Gasteiger charge is 2.23. The van der Waals surface area contributed by atoms with Crippen LogP contribution in [0.1, 0.15) is 20.5 Å². The quantitative estimate of drug-likeness (QED) is 0.187. The summed E-state index contributed by atoms with van der Waals surface area (Å²) in [6, 6.07) is 28.2. The van der Waals surface area contributed by atoms with Crippen LogP contribution in [0.5, 0.6) is 0 Å². The number of amides is 2. The molecule has 2 aromatic heterocycles. The van der Waals surface area contributed by atoms with Crippen LogP contribution >= 0.6 is 46.0 Å². The number of thiophene rings is 1. The molecule has 0 radical (unpaired) electrons. The fraction of sp³-hybridized carbons (Fsp3) is 0.0357. The number of hydrogen-bond acceptors (Lipinski definition) is 6. The van der Waals surface area contributed by atoms with Crippen molar-refractivity contribution in [3.05, 3.63) is 117 Å². The Labute approximate surface area is 231 Å². The number of nitrogens with zero attached hydrogens (tertiary/aromatic N) is 1. The van der Waals surface area contributed by atoms with Crippen molar-refractivity contribution in [2.24, 2.45) is 0 Å². The molecule has 37 heavy (non-hydrogen) atoms. The van der Waals surface area contributed by atoms with Crippen molar-refractivity contribution in [3.63, 3.8) is 0 Å². The Hall–Kier alpha value is -3.43. The standard InChI is InChI=1S/C28H20ClN3O2S3/c29-20-10-8-18(9-11-20)23-17-36-28(31-23)32-27(34)25(19-5-2-1-3-6-19)37-22-14-12-21(13-15-22)30-26(33)24-7-4-16-35-24/h1-17,25H,(H,30,33)(H,31,32,34). The molecule has 5 aromatic rings. The summed E-state index contributed by atoms with van der Waals surface area (Å²) in [5, 5.41) is 10.4. The lowest BCUT2D eigenvalue weighted by Gasteiger charge is -2.16. The van der Waals surface area contributed by atoms with E-state index in [-0.39, 0.29) is 11.8 Å². The molecular formula is C28H20ClN3O2S3. The van der Waals surface area contributed by atoms with Crippen LogP contribution in [0.15, 0.2) is 107 Å². The smallest absolute Gasteiger partial charge is 0.265 e. The molecule has 5 nitrogen and oxygen atoms in total. The number of nitrogens with one attached hydrogen (secondary N) is 2. The van der Waals surface area contributed by atoms with Crippen molar-refractivity contribution in [2.75, 3.05) is 10.6 Å². The van der Waals surface area contributed by atoms with Crippen LogP contribution in [0.3, 0.4) is 0 Å². The molecule has 0 aliphatic rings. The maximum atomic E-state index is 13.4. The van der Waals surface area contributed by atoms with Crippen molar-refractivity contribution in [1.82, 2.24) is 4.98 Å². The monoisotopic (exact) mass is 561 g/mol. The first kappa shape index (κ1) is 25.2. The molecule has 2 heterocycles. The Morgan fingerprint density at radius 2 is 1.59 bits per heavy atom. The number of carbonyl (C=O) groups is 2. The van der Waals surface area contributed by atoms with Gasteiger partial charge in [0.15, 0.2) is 5.13 Å². The minimum absolute atomic E-state index is 0.140. The Balaban J connectivity index is 1.30. The molecule has 0 saturated heterocycles. The van der Waals surface area contributed by atoms with Gasteiger partial charge in [-0.15, -0.1) is 34.4 Å². The summed E-state index contributed by atoms with van der Waals surface area (Å²) in [6.45, 7) is 0. The summed E-state index contributed by atoms with van der Waals surface area (Å²) in [6.07, 6.45) is 0. The fourth-order valence-corrected chi connectivity index (χ4v) is 6.00.